The second-order valence-corrected chi connectivity index (χ2v) is 8.45. The largest absolute Gasteiger partial charge is 0.491 e. The van der Waals surface area contributed by atoms with Crippen LogP contribution in [0.15, 0.2) is 18.2 Å². The van der Waals surface area contributed by atoms with Gasteiger partial charge in [0.05, 0.1) is 13.2 Å². The van der Waals surface area contributed by atoms with Crippen LogP contribution in [0.25, 0.3) is 0 Å². The minimum atomic E-state index is -0.00578. The van der Waals surface area contributed by atoms with Gasteiger partial charge >= 0.3 is 0 Å². The highest BCUT2D eigenvalue weighted by Crippen LogP contribution is 2.33. The van der Waals surface area contributed by atoms with Crippen LogP contribution in [-0.4, -0.2) is 51.7 Å². The fourth-order valence-corrected chi connectivity index (χ4v) is 3.51. The number of quaternary nitrogens is 1. The number of ether oxygens (including phenoxy) is 3. The molecular weight excluding hydrogens is 338 g/mol. The van der Waals surface area contributed by atoms with E-state index < -0.39 is 0 Å². The molecule has 142 valence electrons. The van der Waals surface area contributed by atoms with E-state index in [-0.39, 0.29) is 5.41 Å². The van der Waals surface area contributed by atoms with Crippen LogP contribution in [0, 0.1) is 0 Å². The normalized spacial score (nSPS) is 24.3. The van der Waals surface area contributed by atoms with Crippen LogP contribution < -0.4 is 9.64 Å². The topological polar surface area (TPSA) is 32.1 Å². The van der Waals surface area contributed by atoms with Gasteiger partial charge in [0.1, 0.15) is 44.2 Å². The summed E-state index contributed by atoms with van der Waals surface area (Å²) in [6.07, 6.45) is 0.672. The average Bonchev–Trinajstić information content (AvgIpc) is 2.50. The summed E-state index contributed by atoms with van der Waals surface area (Å²) in [6.45, 7) is 15.8. The highest BCUT2D eigenvalue weighted by molar-refractivity contribution is 6.30. The van der Waals surface area contributed by atoms with Crippen molar-refractivity contribution >= 4 is 11.6 Å². The molecular formula is C20H33ClNO3+. The van der Waals surface area contributed by atoms with Gasteiger partial charge in [-0.05, 0) is 37.5 Å². The fraction of sp³-hybridized carbons (Fsp3) is 0.700. The van der Waals surface area contributed by atoms with E-state index in [0.717, 1.165) is 42.6 Å². The van der Waals surface area contributed by atoms with E-state index in [0.29, 0.717) is 25.4 Å². The molecule has 1 aliphatic rings. The number of halogens is 1. The summed E-state index contributed by atoms with van der Waals surface area (Å²) in [6, 6.07) is 5.81. The molecule has 0 amide bonds. The lowest BCUT2D eigenvalue weighted by molar-refractivity contribution is -0.915. The summed E-state index contributed by atoms with van der Waals surface area (Å²) in [4.78, 5) is 1.56. The van der Waals surface area contributed by atoms with Crippen molar-refractivity contribution in [3.05, 3.63) is 28.8 Å². The van der Waals surface area contributed by atoms with Gasteiger partial charge in [0, 0.05) is 10.6 Å². The minimum absolute atomic E-state index is 0.00578. The molecule has 1 N–H and O–H groups in total. The van der Waals surface area contributed by atoms with Gasteiger partial charge < -0.3 is 19.1 Å². The Bertz CT molecular complexity index is 534. The highest BCUT2D eigenvalue weighted by Gasteiger charge is 2.25. The van der Waals surface area contributed by atoms with E-state index >= 15 is 0 Å². The van der Waals surface area contributed by atoms with Crippen LogP contribution in [0.5, 0.6) is 5.75 Å². The van der Waals surface area contributed by atoms with Crippen molar-refractivity contribution in [3.63, 3.8) is 0 Å². The van der Waals surface area contributed by atoms with Crippen LogP contribution in [-0.2, 0) is 14.9 Å². The van der Waals surface area contributed by atoms with E-state index in [1.807, 2.05) is 18.2 Å². The van der Waals surface area contributed by atoms with Crippen LogP contribution in [0.1, 0.15) is 40.2 Å². The zero-order valence-electron chi connectivity index (χ0n) is 16.2. The molecule has 0 bridgehead atoms. The first-order valence-electron chi connectivity index (χ1n) is 9.25. The van der Waals surface area contributed by atoms with E-state index in [2.05, 4.69) is 34.6 Å². The third-order valence-electron chi connectivity index (χ3n) is 4.45. The van der Waals surface area contributed by atoms with Crippen LogP contribution in [0.3, 0.4) is 0 Å². The number of hydrogen-bond acceptors (Lipinski definition) is 3. The molecule has 1 fully saturated rings. The fourth-order valence-electron chi connectivity index (χ4n) is 3.34. The first-order chi connectivity index (χ1) is 11.8. The highest BCUT2D eigenvalue weighted by atomic mass is 35.5. The summed E-state index contributed by atoms with van der Waals surface area (Å²) in [5, 5.41) is 0.741. The summed E-state index contributed by atoms with van der Waals surface area (Å²) >= 11 is 6.13. The molecule has 5 heteroatoms. The lowest BCUT2D eigenvalue weighted by Gasteiger charge is -2.32. The Labute approximate surface area is 157 Å². The molecule has 1 heterocycles. The predicted octanol–water partition coefficient (Wildman–Crippen LogP) is 2.73. The Kier molecular flexibility index (Phi) is 7.56. The SMILES string of the molecule is C[C@H]1C[NH+](CCOCCOc2ccc(Cl)cc2C(C)(C)C)C[C@H](C)O1. The number of benzene rings is 1. The monoisotopic (exact) mass is 370 g/mol. The van der Waals surface area contributed by atoms with E-state index in [9.17, 15) is 0 Å². The van der Waals surface area contributed by atoms with Gasteiger partial charge in [-0.25, -0.2) is 0 Å². The van der Waals surface area contributed by atoms with Crippen molar-refractivity contribution in [1.29, 1.82) is 0 Å². The summed E-state index contributed by atoms with van der Waals surface area (Å²) in [5.41, 5.74) is 1.12. The van der Waals surface area contributed by atoms with Gasteiger partial charge in [0.25, 0.3) is 0 Å². The van der Waals surface area contributed by atoms with Gasteiger partial charge in [-0.3, -0.25) is 0 Å². The van der Waals surface area contributed by atoms with Crippen LogP contribution in [0.4, 0.5) is 0 Å². The smallest absolute Gasteiger partial charge is 0.123 e. The summed E-state index contributed by atoms with van der Waals surface area (Å²) in [7, 11) is 0. The third kappa shape index (κ3) is 6.78. The van der Waals surface area contributed by atoms with E-state index in [1.165, 1.54) is 0 Å². The molecule has 0 aromatic heterocycles. The Morgan fingerprint density at radius 1 is 1.12 bits per heavy atom. The Balaban J connectivity index is 1.70. The van der Waals surface area contributed by atoms with Crippen molar-refractivity contribution in [2.24, 2.45) is 0 Å². The molecule has 2 rings (SSSR count). The molecule has 1 aromatic carbocycles. The Morgan fingerprint density at radius 2 is 1.80 bits per heavy atom. The molecule has 0 aliphatic carbocycles. The zero-order valence-corrected chi connectivity index (χ0v) is 17.0. The maximum absolute atomic E-state index is 6.13. The minimum Gasteiger partial charge on any atom is -0.491 e. The maximum atomic E-state index is 6.13. The van der Waals surface area contributed by atoms with Gasteiger partial charge in [0.2, 0.25) is 0 Å². The maximum Gasteiger partial charge on any atom is 0.123 e. The van der Waals surface area contributed by atoms with Gasteiger partial charge in [-0.1, -0.05) is 32.4 Å². The molecule has 0 unspecified atom stereocenters. The molecule has 0 radical (unpaired) electrons. The van der Waals surface area contributed by atoms with Crippen molar-refractivity contribution in [2.75, 3.05) is 39.5 Å². The summed E-state index contributed by atoms with van der Waals surface area (Å²) in [5.74, 6) is 0.891. The average molecular weight is 371 g/mol. The van der Waals surface area contributed by atoms with Gasteiger partial charge in [-0.2, -0.15) is 0 Å². The van der Waals surface area contributed by atoms with Crippen LogP contribution >= 0.6 is 11.6 Å². The van der Waals surface area contributed by atoms with Gasteiger partial charge in [-0.15, -0.1) is 0 Å². The predicted molar refractivity (Wildman–Crippen MR) is 102 cm³/mol. The lowest BCUT2D eigenvalue weighted by Crippen LogP contribution is -3.15. The number of hydrogen-bond donors (Lipinski definition) is 1. The number of nitrogens with one attached hydrogen (secondary N) is 1. The standard InChI is InChI=1S/C20H32ClNO3/c1-15-13-22(14-16(2)25-15)8-9-23-10-11-24-19-7-6-17(21)12-18(19)20(3,4)5/h6-7,12,15-16H,8-11,13-14H2,1-5H3/p+1/t15-,16-/m0/s1. The molecule has 0 spiro atoms. The Morgan fingerprint density at radius 3 is 2.44 bits per heavy atom. The lowest BCUT2D eigenvalue weighted by atomic mass is 9.86. The van der Waals surface area contributed by atoms with E-state index in [4.69, 9.17) is 25.8 Å². The number of rotatable bonds is 7. The zero-order chi connectivity index (χ0) is 18.4. The molecule has 1 aliphatic heterocycles. The van der Waals surface area contributed by atoms with Crippen molar-refractivity contribution in [1.82, 2.24) is 0 Å². The second-order valence-electron chi connectivity index (χ2n) is 8.02. The molecule has 1 aromatic rings. The van der Waals surface area contributed by atoms with Gasteiger partial charge in [0.15, 0.2) is 0 Å². The second kappa shape index (κ2) is 9.22. The molecule has 4 nitrogen and oxygen atoms in total. The quantitative estimate of drug-likeness (QED) is 0.749. The molecule has 2 atom stereocenters. The molecule has 1 saturated heterocycles. The Hall–Kier alpha value is -0.810. The van der Waals surface area contributed by atoms with Crippen molar-refractivity contribution in [2.45, 2.75) is 52.2 Å². The first kappa shape index (κ1) is 20.5. The molecule has 25 heavy (non-hydrogen) atoms. The summed E-state index contributed by atoms with van der Waals surface area (Å²) < 4.78 is 17.5. The number of morpholine rings is 1. The first-order valence-corrected chi connectivity index (χ1v) is 9.63. The third-order valence-corrected chi connectivity index (χ3v) is 4.69. The van der Waals surface area contributed by atoms with Crippen molar-refractivity contribution < 1.29 is 19.1 Å². The van der Waals surface area contributed by atoms with Crippen LogP contribution in [0.2, 0.25) is 5.02 Å². The molecule has 0 saturated carbocycles. The van der Waals surface area contributed by atoms with Crippen molar-refractivity contribution in [3.8, 4) is 5.75 Å². The van der Waals surface area contributed by atoms with E-state index in [1.54, 1.807) is 4.90 Å².